The zero-order chi connectivity index (χ0) is 19.8. The standard InChI is InChI=1S/C22H20O6/c23-16-7-6-13(9-19(16)26)21-20(27)10-15-18(25)11-17(24)14(22(15)28-21)8-12-4-2-1-3-5-12/h1-7,9,11,20-21,23-27H,8,10H2/t20-,21-/m0/s1. The van der Waals surface area contributed by atoms with E-state index in [9.17, 15) is 25.5 Å². The van der Waals surface area contributed by atoms with Gasteiger partial charge in [-0.2, -0.15) is 0 Å². The molecule has 1 aliphatic heterocycles. The van der Waals surface area contributed by atoms with Crippen LogP contribution < -0.4 is 4.74 Å². The summed E-state index contributed by atoms with van der Waals surface area (Å²) in [6.07, 6.45) is -1.29. The molecule has 0 spiro atoms. The van der Waals surface area contributed by atoms with Gasteiger partial charge in [0.15, 0.2) is 11.5 Å². The van der Waals surface area contributed by atoms with Crippen molar-refractivity contribution in [1.29, 1.82) is 0 Å². The maximum absolute atomic E-state index is 10.6. The van der Waals surface area contributed by atoms with Gasteiger partial charge in [-0.05, 0) is 23.3 Å². The fraction of sp³-hybridized carbons (Fsp3) is 0.182. The summed E-state index contributed by atoms with van der Waals surface area (Å²) in [5.41, 5.74) is 2.37. The lowest BCUT2D eigenvalue weighted by atomic mass is 9.90. The van der Waals surface area contributed by atoms with Crippen LogP contribution in [0.1, 0.15) is 28.4 Å². The molecule has 0 aromatic heterocycles. The predicted molar refractivity (Wildman–Crippen MR) is 102 cm³/mol. The van der Waals surface area contributed by atoms with Gasteiger partial charge in [0.05, 0.1) is 6.10 Å². The maximum Gasteiger partial charge on any atom is 0.157 e. The normalized spacial score (nSPS) is 18.3. The van der Waals surface area contributed by atoms with Crippen LogP contribution in [0.3, 0.4) is 0 Å². The number of hydrogen-bond acceptors (Lipinski definition) is 6. The first kappa shape index (κ1) is 18.0. The van der Waals surface area contributed by atoms with E-state index in [0.29, 0.717) is 28.9 Å². The highest BCUT2D eigenvalue weighted by atomic mass is 16.5. The smallest absolute Gasteiger partial charge is 0.157 e. The number of aliphatic hydroxyl groups is 1. The van der Waals surface area contributed by atoms with Crippen molar-refractivity contribution in [3.05, 3.63) is 76.9 Å². The quantitative estimate of drug-likeness (QED) is 0.447. The highest BCUT2D eigenvalue weighted by Gasteiger charge is 2.34. The molecular formula is C22H20O6. The fourth-order valence-corrected chi connectivity index (χ4v) is 3.56. The Bertz CT molecular complexity index is 1020. The molecule has 0 radical (unpaired) electrons. The summed E-state index contributed by atoms with van der Waals surface area (Å²) in [6.45, 7) is 0. The summed E-state index contributed by atoms with van der Waals surface area (Å²) in [4.78, 5) is 0. The van der Waals surface area contributed by atoms with Crippen LogP contribution >= 0.6 is 0 Å². The zero-order valence-electron chi connectivity index (χ0n) is 14.9. The first-order valence-electron chi connectivity index (χ1n) is 8.91. The van der Waals surface area contributed by atoms with Crippen LogP contribution in [0.2, 0.25) is 0 Å². The Morgan fingerprint density at radius 2 is 1.57 bits per heavy atom. The van der Waals surface area contributed by atoms with E-state index in [1.165, 1.54) is 18.2 Å². The molecule has 6 heteroatoms. The molecule has 1 aliphatic rings. The van der Waals surface area contributed by atoms with Crippen molar-refractivity contribution in [2.45, 2.75) is 25.0 Å². The predicted octanol–water partition coefficient (Wildman–Crippen LogP) is 3.14. The Hall–Kier alpha value is -3.38. The van der Waals surface area contributed by atoms with E-state index in [1.54, 1.807) is 6.07 Å². The lowest BCUT2D eigenvalue weighted by Gasteiger charge is -2.33. The maximum atomic E-state index is 10.6. The van der Waals surface area contributed by atoms with Gasteiger partial charge < -0.3 is 30.3 Å². The second-order valence-electron chi connectivity index (χ2n) is 6.92. The van der Waals surface area contributed by atoms with Gasteiger partial charge in [0.2, 0.25) is 0 Å². The van der Waals surface area contributed by atoms with E-state index in [1.807, 2.05) is 30.3 Å². The number of phenols is 4. The van der Waals surface area contributed by atoms with Crippen molar-refractivity contribution in [2.75, 3.05) is 0 Å². The fourth-order valence-electron chi connectivity index (χ4n) is 3.56. The molecule has 0 amide bonds. The molecule has 0 saturated carbocycles. The van der Waals surface area contributed by atoms with Crippen molar-refractivity contribution in [3.8, 4) is 28.7 Å². The first-order valence-corrected chi connectivity index (χ1v) is 8.91. The van der Waals surface area contributed by atoms with Crippen molar-refractivity contribution >= 4 is 0 Å². The van der Waals surface area contributed by atoms with E-state index in [4.69, 9.17) is 4.74 Å². The lowest BCUT2D eigenvalue weighted by Crippen LogP contribution is -2.31. The van der Waals surface area contributed by atoms with Crippen LogP contribution in [0.25, 0.3) is 0 Å². The molecule has 3 aromatic carbocycles. The first-order chi connectivity index (χ1) is 13.4. The molecule has 0 bridgehead atoms. The summed E-state index contributed by atoms with van der Waals surface area (Å²) in [7, 11) is 0. The number of aromatic hydroxyl groups is 4. The average Bonchev–Trinajstić information content (AvgIpc) is 2.68. The van der Waals surface area contributed by atoms with Crippen molar-refractivity contribution in [3.63, 3.8) is 0 Å². The number of hydrogen-bond donors (Lipinski definition) is 5. The van der Waals surface area contributed by atoms with Crippen LogP contribution in [0, 0.1) is 0 Å². The molecule has 5 N–H and O–H groups in total. The van der Waals surface area contributed by atoms with Gasteiger partial charge in [0.25, 0.3) is 0 Å². The minimum Gasteiger partial charge on any atom is -0.507 e. The Morgan fingerprint density at radius 3 is 2.29 bits per heavy atom. The van der Waals surface area contributed by atoms with Gasteiger partial charge >= 0.3 is 0 Å². The molecule has 6 nitrogen and oxygen atoms in total. The number of phenolic OH excluding ortho intramolecular Hbond substituents is 4. The molecule has 144 valence electrons. The van der Waals surface area contributed by atoms with Crippen LogP contribution in [0.15, 0.2) is 54.6 Å². The SMILES string of the molecule is Oc1ccc([C@@H]2Oc3c(Cc4ccccc4)c(O)cc(O)c3C[C@@H]2O)cc1O. The van der Waals surface area contributed by atoms with Crippen LogP contribution in [0.5, 0.6) is 28.7 Å². The van der Waals surface area contributed by atoms with E-state index in [2.05, 4.69) is 0 Å². The Morgan fingerprint density at radius 1 is 0.821 bits per heavy atom. The van der Waals surface area contributed by atoms with Crippen molar-refractivity contribution < 1.29 is 30.3 Å². The third-order valence-electron chi connectivity index (χ3n) is 5.00. The highest BCUT2D eigenvalue weighted by molar-refractivity contribution is 5.59. The molecule has 1 heterocycles. The van der Waals surface area contributed by atoms with E-state index in [-0.39, 0.29) is 29.4 Å². The second kappa shape index (κ2) is 6.98. The number of rotatable bonds is 3. The summed E-state index contributed by atoms with van der Waals surface area (Å²) < 4.78 is 6.03. The zero-order valence-corrected chi connectivity index (χ0v) is 14.9. The van der Waals surface area contributed by atoms with Gasteiger partial charge in [0.1, 0.15) is 23.4 Å². The number of aliphatic hydroxyl groups excluding tert-OH is 1. The number of benzene rings is 3. The summed E-state index contributed by atoms with van der Waals surface area (Å²) in [5.74, 6) is -0.500. The largest absolute Gasteiger partial charge is 0.507 e. The topological polar surface area (TPSA) is 110 Å². The van der Waals surface area contributed by atoms with Gasteiger partial charge in [-0.25, -0.2) is 0 Å². The van der Waals surface area contributed by atoms with E-state index >= 15 is 0 Å². The van der Waals surface area contributed by atoms with Gasteiger partial charge in [-0.3, -0.25) is 0 Å². The van der Waals surface area contributed by atoms with Crippen LogP contribution in [-0.4, -0.2) is 31.6 Å². The molecule has 0 saturated heterocycles. The minimum absolute atomic E-state index is 0.0937. The van der Waals surface area contributed by atoms with Crippen molar-refractivity contribution in [1.82, 2.24) is 0 Å². The molecule has 0 unspecified atom stereocenters. The van der Waals surface area contributed by atoms with Crippen LogP contribution in [0.4, 0.5) is 0 Å². The van der Waals surface area contributed by atoms with Crippen LogP contribution in [-0.2, 0) is 12.8 Å². The Balaban J connectivity index is 1.77. The Kier molecular flexibility index (Phi) is 4.49. The third-order valence-corrected chi connectivity index (χ3v) is 5.00. The monoisotopic (exact) mass is 380 g/mol. The molecular weight excluding hydrogens is 360 g/mol. The van der Waals surface area contributed by atoms with Crippen molar-refractivity contribution in [2.24, 2.45) is 0 Å². The molecule has 28 heavy (non-hydrogen) atoms. The average molecular weight is 380 g/mol. The number of fused-ring (bicyclic) bond motifs is 1. The van der Waals surface area contributed by atoms with Gasteiger partial charge in [-0.1, -0.05) is 36.4 Å². The minimum atomic E-state index is -0.975. The number of ether oxygens (including phenoxy) is 1. The highest BCUT2D eigenvalue weighted by Crippen LogP contribution is 2.46. The van der Waals surface area contributed by atoms with Gasteiger partial charge in [-0.15, -0.1) is 0 Å². The molecule has 0 aliphatic carbocycles. The van der Waals surface area contributed by atoms with E-state index < -0.39 is 12.2 Å². The molecule has 4 rings (SSSR count). The summed E-state index contributed by atoms with van der Waals surface area (Å²) >= 11 is 0. The molecule has 3 aromatic rings. The molecule has 2 atom stereocenters. The summed E-state index contributed by atoms with van der Waals surface area (Å²) in [6, 6.07) is 15.0. The summed E-state index contributed by atoms with van der Waals surface area (Å²) in [5, 5.41) is 50.6. The van der Waals surface area contributed by atoms with Gasteiger partial charge in [0, 0.05) is 30.0 Å². The third kappa shape index (κ3) is 3.18. The Labute approximate surface area is 161 Å². The molecule has 0 fully saturated rings. The second-order valence-corrected chi connectivity index (χ2v) is 6.92. The van der Waals surface area contributed by atoms with E-state index in [0.717, 1.165) is 5.56 Å². The lowest BCUT2D eigenvalue weighted by molar-refractivity contribution is 0.0190.